The van der Waals surface area contributed by atoms with Crippen molar-refractivity contribution in [1.82, 2.24) is 14.9 Å². The summed E-state index contributed by atoms with van der Waals surface area (Å²) in [4.78, 5) is 4.14. The highest BCUT2D eigenvalue weighted by molar-refractivity contribution is 5.85. The first-order valence-electron chi connectivity index (χ1n) is 4.57. The highest BCUT2D eigenvalue weighted by Gasteiger charge is 2.15. The standard InChI is InChI=1S/C9H15N3.2ClH/c1-8-6-11-7-12(8)9-2-4-10-5-3-9;;/h6-7,9-10H,2-5H2,1H3;2*1H. The van der Waals surface area contributed by atoms with Crippen LogP contribution < -0.4 is 5.32 Å². The zero-order valence-electron chi connectivity index (χ0n) is 8.27. The number of nitrogens with one attached hydrogen (secondary N) is 1. The summed E-state index contributed by atoms with van der Waals surface area (Å²) in [6, 6.07) is 0.675. The Balaban J connectivity index is 0.000000845. The number of rotatable bonds is 1. The first-order valence-corrected chi connectivity index (χ1v) is 4.57. The monoisotopic (exact) mass is 237 g/mol. The quantitative estimate of drug-likeness (QED) is 0.810. The molecule has 1 fully saturated rings. The molecule has 0 atom stereocenters. The van der Waals surface area contributed by atoms with Crippen molar-refractivity contribution in [3.8, 4) is 0 Å². The Hall–Kier alpha value is -0.250. The molecule has 1 aliphatic rings. The molecule has 2 heterocycles. The number of imidazole rings is 1. The van der Waals surface area contributed by atoms with Gasteiger partial charge in [-0.25, -0.2) is 4.98 Å². The second-order valence-electron chi connectivity index (χ2n) is 3.42. The Morgan fingerprint density at radius 1 is 1.36 bits per heavy atom. The highest BCUT2D eigenvalue weighted by Crippen LogP contribution is 2.19. The molecular formula is C9H17Cl2N3. The summed E-state index contributed by atoms with van der Waals surface area (Å²) in [5.74, 6) is 0. The number of hydrogen-bond donors (Lipinski definition) is 1. The van der Waals surface area contributed by atoms with E-state index in [1.54, 1.807) is 0 Å². The molecule has 1 saturated heterocycles. The summed E-state index contributed by atoms with van der Waals surface area (Å²) < 4.78 is 2.29. The van der Waals surface area contributed by atoms with E-state index in [2.05, 4.69) is 21.8 Å². The van der Waals surface area contributed by atoms with Crippen molar-refractivity contribution in [1.29, 1.82) is 0 Å². The molecule has 1 aliphatic heterocycles. The van der Waals surface area contributed by atoms with Crippen LogP contribution in [-0.4, -0.2) is 22.6 Å². The summed E-state index contributed by atoms with van der Waals surface area (Å²) in [6.45, 7) is 4.40. The minimum Gasteiger partial charge on any atom is -0.332 e. The molecule has 5 heteroatoms. The summed E-state index contributed by atoms with van der Waals surface area (Å²) >= 11 is 0. The van der Waals surface area contributed by atoms with E-state index in [-0.39, 0.29) is 24.8 Å². The lowest BCUT2D eigenvalue weighted by atomic mass is 10.1. The van der Waals surface area contributed by atoms with Crippen LogP contribution in [0.1, 0.15) is 24.6 Å². The number of piperidine rings is 1. The molecule has 0 bridgehead atoms. The van der Waals surface area contributed by atoms with E-state index >= 15 is 0 Å². The zero-order chi connectivity index (χ0) is 8.39. The fourth-order valence-corrected chi connectivity index (χ4v) is 1.84. The lowest BCUT2D eigenvalue weighted by molar-refractivity contribution is 0.363. The van der Waals surface area contributed by atoms with E-state index in [0.29, 0.717) is 6.04 Å². The number of nitrogens with zero attached hydrogens (tertiary/aromatic N) is 2. The van der Waals surface area contributed by atoms with Gasteiger partial charge in [-0.15, -0.1) is 24.8 Å². The molecule has 3 nitrogen and oxygen atoms in total. The van der Waals surface area contributed by atoms with Crippen LogP contribution in [0.4, 0.5) is 0 Å². The van der Waals surface area contributed by atoms with Gasteiger partial charge in [-0.2, -0.15) is 0 Å². The van der Waals surface area contributed by atoms with Crippen molar-refractivity contribution >= 4 is 24.8 Å². The molecule has 0 amide bonds. The number of hydrogen-bond acceptors (Lipinski definition) is 2. The van der Waals surface area contributed by atoms with Crippen molar-refractivity contribution in [2.24, 2.45) is 0 Å². The average molecular weight is 238 g/mol. The SMILES string of the molecule is Cc1cncn1C1CCNCC1.Cl.Cl. The molecule has 0 spiro atoms. The topological polar surface area (TPSA) is 29.9 Å². The Bertz CT molecular complexity index is 256. The maximum absolute atomic E-state index is 4.14. The van der Waals surface area contributed by atoms with Crippen molar-refractivity contribution in [2.75, 3.05) is 13.1 Å². The van der Waals surface area contributed by atoms with Crippen molar-refractivity contribution in [3.63, 3.8) is 0 Å². The van der Waals surface area contributed by atoms with E-state index in [1.165, 1.54) is 18.5 Å². The van der Waals surface area contributed by atoms with Crippen LogP contribution in [0.25, 0.3) is 0 Å². The van der Waals surface area contributed by atoms with E-state index < -0.39 is 0 Å². The summed E-state index contributed by atoms with van der Waals surface area (Å²) in [6.07, 6.45) is 6.35. The van der Waals surface area contributed by atoms with Gasteiger partial charge in [0.15, 0.2) is 0 Å². The third kappa shape index (κ3) is 2.87. The van der Waals surface area contributed by atoms with Crippen LogP contribution in [0.3, 0.4) is 0 Å². The minimum atomic E-state index is 0. The molecule has 2 rings (SSSR count). The number of halogens is 2. The van der Waals surface area contributed by atoms with Crippen LogP contribution in [0, 0.1) is 6.92 Å². The fraction of sp³-hybridized carbons (Fsp3) is 0.667. The van der Waals surface area contributed by atoms with Gasteiger partial charge in [0, 0.05) is 17.9 Å². The molecule has 0 unspecified atom stereocenters. The molecule has 1 aromatic heterocycles. The minimum absolute atomic E-state index is 0. The first kappa shape index (κ1) is 13.8. The smallest absolute Gasteiger partial charge is 0.0950 e. The predicted octanol–water partition coefficient (Wildman–Crippen LogP) is 1.96. The van der Waals surface area contributed by atoms with Gasteiger partial charge in [-0.05, 0) is 32.9 Å². The zero-order valence-corrected chi connectivity index (χ0v) is 9.90. The predicted molar refractivity (Wildman–Crippen MR) is 62.6 cm³/mol. The van der Waals surface area contributed by atoms with Gasteiger partial charge in [-0.1, -0.05) is 0 Å². The average Bonchev–Trinajstić information content (AvgIpc) is 2.53. The van der Waals surface area contributed by atoms with Crippen LogP contribution in [0.2, 0.25) is 0 Å². The van der Waals surface area contributed by atoms with Gasteiger partial charge in [0.1, 0.15) is 0 Å². The summed E-state index contributed by atoms with van der Waals surface area (Å²) in [7, 11) is 0. The van der Waals surface area contributed by atoms with Crippen molar-refractivity contribution in [3.05, 3.63) is 18.2 Å². The largest absolute Gasteiger partial charge is 0.332 e. The maximum Gasteiger partial charge on any atom is 0.0950 e. The molecule has 0 saturated carbocycles. The Morgan fingerprint density at radius 2 is 2.00 bits per heavy atom. The molecule has 82 valence electrons. The molecule has 1 N–H and O–H groups in total. The van der Waals surface area contributed by atoms with Crippen LogP contribution in [-0.2, 0) is 0 Å². The van der Waals surface area contributed by atoms with Gasteiger partial charge in [0.25, 0.3) is 0 Å². The second kappa shape index (κ2) is 6.27. The molecule has 1 aromatic rings. The molecule has 0 radical (unpaired) electrons. The van der Waals surface area contributed by atoms with E-state index in [0.717, 1.165) is 13.1 Å². The van der Waals surface area contributed by atoms with Crippen LogP contribution in [0.15, 0.2) is 12.5 Å². The lowest BCUT2D eigenvalue weighted by Gasteiger charge is -2.24. The fourth-order valence-electron chi connectivity index (χ4n) is 1.84. The van der Waals surface area contributed by atoms with Gasteiger partial charge in [-0.3, -0.25) is 0 Å². The molecule has 0 aromatic carbocycles. The first-order chi connectivity index (χ1) is 5.88. The van der Waals surface area contributed by atoms with Gasteiger partial charge >= 0.3 is 0 Å². The second-order valence-corrected chi connectivity index (χ2v) is 3.42. The van der Waals surface area contributed by atoms with Crippen LogP contribution in [0.5, 0.6) is 0 Å². The Labute approximate surface area is 97.1 Å². The van der Waals surface area contributed by atoms with Gasteiger partial charge < -0.3 is 9.88 Å². The van der Waals surface area contributed by atoms with Gasteiger partial charge in [0.05, 0.1) is 6.33 Å². The third-order valence-electron chi connectivity index (χ3n) is 2.56. The van der Waals surface area contributed by atoms with E-state index in [1.807, 2.05) is 12.5 Å². The van der Waals surface area contributed by atoms with Crippen LogP contribution >= 0.6 is 24.8 Å². The highest BCUT2D eigenvalue weighted by atomic mass is 35.5. The molecular weight excluding hydrogens is 221 g/mol. The normalized spacial score (nSPS) is 16.9. The maximum atomic E-state index is 4.14. The van der Waals surface area contributed by atoms with E-state index in [4.69, 9.17) is 0 Å². The number of aromatic nitrogens is 2. The van der Waals surface area contributed by atoms with Gasteiger partial charge in [0.2, 0.25) is 0 Å². The molecule has 0 aliphatic carbocycles. The summed E-state index contributed by atoms with van der Waals surface area (Å²) in [5.41, 5.74) is 1.28. The Kier molecular flexibility index (Phi) is 6.16. The van der Waals surface area contributed by atoms with Crippen molar-refractivity contribution in [2.45, 2.75) is 25.8 Å². The number of aryl methyl sites for hydroxylation is 1. The third-order valence-corrected chi connectivity index (χ3v) is 2.56. The lowest BCUT2D eigenvalue weighted by Crippen LogP contribution is -2.29. The summed E-state index contributed by atoms with van der Waals surface area (Å²) in [5, 5.41) is 3.36. The molecule has 14 heavy (non-hydrogen) atoms. The van der Waals surface area contributed by atoms with Crippen molar-refractivity contribution < 1.29 is 0 Å². The van der Waals surface area contributed by atoms with E-state index in [9.17, 15) is 0 Å². The Morgan fingerprint density at radius 3 is 2.50 bits per heavy atom.